The van der Waals surface area contributed by atoms with Gasteiger partial charge in [-0.05, 0) is 17.7 Å². The lowest BCUT2D eigenvalue weighted by Crippen LogP contribution is -1.97. The largest absolute Gasteiger partial charge is 0.204 e. The first kappa shape index (κ1) is 9.65. The molecular formula is C9H8BrF2. The smallest absolute Gasteiger partial charge is 0.159 e. The number of alkyl halides is 1. The highest BCUT2D eigenvalue weighted by molar-refractivity contribution is 9.09. The van der Waals surface area contributed by atoms with Crippen LogP contribution in [0.1, 0.15) is 12.5 Å². The zero-order valence-electron chi connectivity index (χ0n) is 6.57. The van der Waals surface area contributed by atoms with E-state index >= 15 is 0 Å². The van der Waals surface area contributed by atoms with Crippen LogP contribution in [0.3, 0.4) is 0 Å². The molecule has 1 rings (SSSR count). The van der Waals surface area contributed by atoms with E-state index in [-0.39, 0.29) is 0 Å². The minimum atomic E-state index is -0.805. The summed E-state index contributed by atoms with van der Waals surface area (Å²) in [4.78, 5) is 0. The third kappa shape index (κ3) is 2.03. The Morgan fingerprint density at radius 1 is 1.33 bits per heavy atom. The van der Waals surface area contributed by atoms with Gasteiger partial charge >= 0.3 is 0 Å². The second-order valence-electron chi connectivity index (χ2n) is 2.54. The maximum Gasteiger partial charge on any atom is 0.159 e. The average molecular weight is 234 g/mol. The van der Waals surface area contributed by atoms with Crippen molar-refractivity contribution in [3.05, 3.63) is 41.3 Å². The van der Waals surface area contributed by atoms with E-state index in [1.54, 1.807) is 6.07 Å². The summed E-state index contributed by atoms with van der Waals surface area (Å²) in [5.41, 5.74) is 0.728. The fourth-order valence-corrected chi connectivity index (χ4v) is 1.16. The van der Waals surface area contributed by atoms with Crippen molar-refractivity contribution in [1.82, 2.24) is 0 Å². The van der Waals surface area contributed by atoms with Crippen molar-refractivity contribution in [2.24, 2.45) is 0 Å². The van der Waals surface area contributed by atoms with Crippen LogP contribution in [0.25, 0.3) is 0 Å². The highest BCUT2D eigenvalue weighted by Gasteiger charge is 2.07. The summed E-state index contributed by atoms with van der Waals surface area (Å²) in [5, 5.41) is 0.665. The summed E-state index contributed by atoms with van der Waals surface area (Å²) < 4.78 is 25.1. The van der Waals surface area contributed by atoms with Gasteiger partial charge in [0.2, 0.25) is 0 Å². The molecule has 1 radical (unpaired) electrons. The van der Waals surface area contributed by atoms with Gasteiger partial charge in [0.15, 0.2) is 11.6 Å². The van der Waals surface area contributed by atoms with Gasteiger partial charge < -0.3 is 0 Å². The van der Waals surface area contributed by atoms with Gasteiger partial charge in [0.25, 0.3) is 0 Å². The molecule has 65 valence electrons. The Hall–Kier alpha value is -0.440. The molecule has 1 aromatic rings. The lowest BCUT2D eigenvalue weighted by atomic mass is 10.0. The molecule has 0 nitrogen and oxygen atoms in total. The van der Waals surface area contributed by atoms with Crippen LogP contribution in [-0.2, 0) is 0 Å². The highest BCUT2D eigenvalue weighted by Crippen LogP contribution is 2.18. The molecule has 0 saturated carbocycles. The number of halogens is 3. The van der Waals surface area contributed by atoms with Crippen molar-refractivity contribution in [2.45, 2.75) is 6.92 Å². The minimum absolute atomic E-state index is 0.665. The Labute approximate surface area is 78.7 Å². The number of hydrogen-bond donors (Lipinski definition) is 0. The second-order valence-corrected chi connectivity index (χ2v) is 3.10. The molecule has 0 spiro atoms. The fraction of sp³-hybridized carbons (Fsp3) is 0.222. The monoisotopic (exact) mass is 233 g/mol. The van der Waals surface area contributed by atoms with Crippen molar-refractivity contribution in [3.63, 3.8) is 0 Å². The SMILES string of the molecule is C[C](CBr)c1ccc(F)c(F)c1. The van der Waals surface area contributed by atoms with Crippen LogP contribution < -0.4 is 0 Å². The van der Waals surface area contributed by atoms with E-state index in [9.17, 15) is 8.78 Å². The minimum Gasteiger partial charge on any atom is -0.204 e. The summed E-state index contributed by atoms with van der Waals surface area (Å²) in [6, 6.07) is 3.90. The molecular weight excluding hydrogens is 226 g/mol. The van der Waals surface area contributed by atoms with Crippen molar-refractivity contribution < 1.29 is 8.78 Å². The third-order valence-corrected chi connectivity index (χ3v) is 2.45. The molecule has 0 atom stereocenters. The van der Waals surface area contributed by atoms with Crippen LogP contribution in [0.2, 0.25) is 0 Å². The zero-order chi connectivity index (χ0) is 9.14. The van der Waals surface area contributed by atoms with Crippen LogP contribution in [0, 0.1) is 17.6 Å². The number of benzene rings is 1. The van der Waals surface area contributed by atoms with E-state index in [1.165, 1.54) is 6.07 Å². The summed E-state index contributed by atoms with van der Waals surface area (Å²) in [5.74, 6) is -0.622. The lowest BCUT2D eigenvalue weighted by Gasteiger charge is -2.06. The van der Waals surface area contributed by atoms with Crippen molar-refractivity contribution in [1.29, 1.82) is 0 Å². The second kappa shape index (κ2) is 3.99. The van der Waals surface area contributed by atoms with Crippen molar-refractivity contribution >= 4 is 15.9 Å². The van der Waals surface area contributed by atoms with Crippen LogP contribution in [0.15, 0.2) is 18.2 Å². The first-order chi connectivity index (χ1) is 5.65. The van der Waals surface area contributed by atoms with Gasteiger partial charge in [-0.15, -0.1) is 0 Å². The van der Waals surface area contributed by atoms with E-state index in [0.29, 0.717) is 5.33 Å². The van der Waals surface area contributed by atoms with E-state index in [2.05, 4.69) is 15.9 Å². The molecule has 0 unspecified atom stereocenters. The molecule has 12 heavy (non-hydrogen) atoms. The molecule has 0 saturated heterocycles. The zero-order valence-corrected chi connectivity index (χ0v) is 8.16. The Bertz CT molecular complexity index is 273. The molecule has 1 aromatic carbocycles. The molecule has 0 N–H and O–H groups in total. The Kier molecular flexibility index (Phi) is 3.20. The summed E-state index contributed by atoms with van der Waals surface area (Å²) >= 11 is 3.24. The molecule has 0 aliphatic carbocycles. The third-order valence-electron chi connectivity index (χ3n) is 1.61. The van der Waals surface area contributed by atoms with E-state index in [1.807, 2.05) is 6.92 Å². The maximum atomic E-state index is 12.7. The average Bonchev–Trinajstić information content (AvgIpc) is 2.08. The van der Waals surface area contributed by atoms with Gasteiger partial charge in [-0.3, -0.25) is 0 Å². The number of hydrogen-bond acceptors (Lipinski definition) is 0. The molecule has 0 aromatic heterocycles. The normalized spacial score (nSPS) is 10.8. The molecule has 0 heterocycles. The van der Waals surface area contributed by atoms with Crippen molar-refractivity contribution in [3.8, 4) is 0 Å². The van der Waals surface area contributed by atoms with Crippen LogP contribution in [-0.4, -0.2) is 5.33 Å². The molecule has 0 fully saturated rings. The number of rotatable bonds is 2. The Morgan fingerprint density at radius 3 is 2.50 bits per heavy atom. The van der Waals surface area contributed by atoms with E-state index in [4.69, 9.17) is 0 Å². The van der Waals surface area contributed by atoms with Gasteiger partial charge in [-0.1, -0.05) is 28.9 Å². The lowest BCUT2D eigenvalue weighted by molar-refractivity contribution is 0.507. The quantitative estimate of drug-likeness (QED) is 0.688. The van der Waals surface area contributed by atoms with Crippen LogP contribution >= 0.6 is 15.9 Å². The van der Waals surface area contributed by atoms with Crippen LogP contribution in [0.4, 0.5) is 8.78 Å². The predicted molar refractivity (Wildman–Crippen MR) is 48.2 cm³/mol. The maximum absolute atomic E-state index is 12.7. The standard InChI is InChI=1S/C9H8BrF2/c1-6(5-10)7-2-3-8(11)9(12)4-7/h2-4H,5H2,1H3. The van der Waals surface area contributed by atoms with Crippen LogP contribution in [0.5, 0.6) is 0 Å². The van der Waals surface area contributed by atoms with Gasteiger partial charge in [-0.2, -0.15) is 0 Å². The van der Waals surface area contributed by atoms with E-state index < -0.39 is 11.6 Å². The summed E-state index contributed by atoms with van der Waals surface area (Å²) in [6.07, 6.45) is 0. The highest BCUT2D eigenvalue weighted by atomic mass is 79.9. The summed E-state index contributed by atoms with van der Waals surface area (Å²) in [7, 11) is 0. The first-order valence-electron chi connectivity index (χ1n) is 3.49. The molecule has 0 bridgehead atoms. The molecule has 3 heteroatoms. The predicted octanol–water partition coefficient (Wildman–Crippen LogP) is 3.30. The van der Waals surface area contributed by atoms with Gasteiger partial charge in [0, 0.05) is 11.2 Å². The van der Waals surface area contributed by atoms with Crippen molar-refractivity contribution in [2.75, 3.05) is 5.33 Å². The summed E-state index contributed by atoms with van der Waals surface area (Å²) in [6.45, 7) is 1.86. The molecule has 0 aliphatic heterocycles. The topological polar surface area (TPSA) is 0 Å². The van der Waals surface area contributed by atoms with Gasteiger partial charge in [0.1, 0.15) is 0 Å². The molecule has 0 amide bonds. The van der Waals surface area contributed by atoms with Gasteiger partial charge in [0.05, 0.1) is 0 Å². The Balaban J connectivity index is 2.96. The fourth-order valence-electron chi connectivity index (χ4n) is 0.839. The Morgan fingerprint density at radius 2 is 2.00 bits per heavy atom. The first-order valence-corrected chi connectivity index (χ1v) is 4.61. The van der Waals surface area contributed by atoms with E-state index in [0.717, 1.165) is 17.5 Å². The molecule has 0 aliphatic rings. The van der Waals surface area contributed by atoms with Gasteiger partial charge in [-0.25, -0.2) is 8.78 Å².